The Kier molecular flexibility index (Phi) is 12.3. The van der Waals surface area contributed by atoms with Crippen LogP contribution in [0.15, 0.2) is 108 Å². The van der Waals surface area contributed by atoms with Crippen LogP contribution in [0, 0.1) is 36.0 Å². The van der Waals surface area contributed by atoms with Gasteiger partial charge in [0, 0.05) is 0 Å². The van der Waals surface area contributed by atoms with Crippen LogP contribution in [-0.2, 0) is 24.2 Å². The zero-order valence-electron chi connectivity index (χ0n) is 22.6. The van der Waals surface area contributed by atoms with Crippen LogP contribution in [0.2, 0.25) is 0 Å². The van der Waals surface area contributed by atoms with Gasteiger partial charge in [-0.1, -0.05) is 62.5 Å². The van der Waals surface area contributed by atoms with E-state index in [1.54, 1.807) is 11.1 Å². The Morgan fingerprint density at radius 3 is 2.08 bits per heavy atom. The van der Waals surface area contributed by atoms with E-state index in [0.29, 0.717) is 5.92 Å². The molecule has 2 saturated carbocycles. The quantitative estimate of drug-likeness (QED) is 0.451. The van der Waals surface area contributed by atoms with Crippen molar-refractivity contribution in [3.05, 3.63) is 125 Å². The maximum atomic E-state index is 2.73. The molecule has 6 rings (SSSR count). The molecule has 5 atom stereocenters. The van der Waals surface area contributed by atoms with Crippen LogP contribution in [0.5, 0.6) is 0 Å². The van der Waals surface area contributed by atoms with E-state index in [4.69, 9.17) is 0 Å². The van der Waals surface area contributed by atoms with E-state index in [2.05, 4.69) is 111 Å². The summed E-state index contributed by atoms with van der Waals surface area (Å²) in [5, 5.41) is 0. The molecule has 4 aliphatic carbocycles. The molecule has 5 unspecified atom stereocenters. The summed E-state index contributed by atoms with van der Waals surface area (Å²) in [6, 6.07) is 21.1. The van der Waals surface area contributed by atoms with Gasteiger partial charge in [0.25, 0.3) is 0 Å². The van der Waals surface area contributed by atoms with Gasteiger partial charge in [0.05, 0.1) is 0 Å². The van der Waals surface area contributed by atoms with Crippen molar-refractivity contribution in [3.8, 4) is 0 Å². The van der Waals surface area contributed by atoms with Gasteiger partial charge >= 0.3 is 99.2 Å². The first-order chi connectivity index (χ1) is 17.7. The second kappa shape index (κ2) is 14.9. The number of fused-ring (bicyclic) bond motifs is 3. The van der Waals surface area contributed by atoms with Gasteiger partial charge in [0.15, 0.2) is 0 Å². The van der Waals surface area contributed by atoms with E-state index in [0.717, 1.165) is 23.7 Å². The molecule has 0 spiro atoms. The summed E-state index contributed by atoms with van der Waals surface area (Å²) in [4.78, 5) is 0. The van der Waals surface area contributed by atoms with Crippen LogP contribution in [0.1, 0.15) is 63.5 Å². The van der Waals surface area contributed by atoms with Crippen molar-refractivity contribution in [2.24, 2.45) is 29.6 Å². The van der Waals surface area contributed by atoms with E-state index in [1.165, 1.54) is 77.1 Å². The Morgan fingerprint density at radius 1 is 0.842 bits per heavy atom. The number of allylic oxidation sites excluding steroid dienone is 8. The van der Waals surface area contributed by atoms with Crippen molar-refractivity contribution in [1.29, 1.82) is 0 Å². The molecule has 2 aromatic rings. The number of hydrogen-bond donors (Lipinski definition) is 0. The molecule has 0 nitrogen and oxygen atoms in total. The van der Waals surface area contributed by atoms with Gasteiger partial charge in [0.1, 0.15) is 0 Å². The monoisotopic (exact) mass is 619 g/mol. The summed E-state index contributed by atoms with van der Waals surface area (Å²) in [6.07, 6.45) is 22.7. The Balaban J connectivity index is 0.000000219. The first kappa shape index (κ1) is 31.3. The third-order valence-electron chi connectivity index (χ3n) is 8.82. The summed E-state index contributed by atoms with van der Waals surface area (Å²) >= 11 is 1.46. The van der Waals surface area contributed by atoms with Crippen molar-refractivity contribution in [3.63, 3.8) is 0 Å². The van der Waals surface area contributed by atoms with Crippen LogP contribution in [0.3, 0.4) is 0 Å². The first-order valence-electron chi connectivity index (χ1n) is 14.0. The zero-order chi connectivity index (χ0) is 24.9. The molecular formula is C35H39Cl2Zr-. The molecule has 0 amide bonds. The Morgan fingerprint density at radius 2 is 1.47 bits per heavy atom. The number of halogens is 2. The van der Waals surface area contributed by atoms with Crippen molar-refractivity contribution in [2.75, 3.05) is 0 Å². The van der Waals surface area contributed by atoms with Crippen molar-refractivity contribution in [2.45, 2.75) is 52.4 Å². The third kappa shape index (κ3) is 6.71. The second-order valence-electron chi connectivity index (χ2n) is 10.6. The Hall–Kier alpha value is -1.27. The van der Waals surface area contributed by atoms with E-state index >= 15 is 0 Å². The summed E-state index contributed by atoms with van der Waals surface area (Å²) in [5.74, 6) is 4.08. The van der Waals surface area contributed by atoms with Gasteiger partial charge < -0.3 is 31.2 Å². The maximum absolute atomic E-state index is 2.73. The van der Waals surface area contributed by atoms with E-state index < -0.39 is 0 Å². The SMILES string of the molecule is CCC1=CCC(C2CCCC3C4C=CC=CC4[CH-]C23)=C1CC.[Cl-].[Cl-].[Zr+2]=[C](c1ccccc1)c1ccccc1. The molecule has 3 heteroatoms. The second-order valence-corrected chi connectivity index (χ2v) is 11.9. The fourth-order valence-electron chi connectivity index (χ4n) is 7.16. The van der Waals surface area contributed by atoms with Crippen LogP contribution in [0.4, 0.5) is 0 Å². The fourth-order valence-corrected chi connectivity index (χ4v) is 7.98. The van der Waals surface area contributed by atoms with Crippen LogP contribution >= 0.6 is 0 Å². The molecule has 198 valence electrons. The summed E-state index contributed by atoms with van der Waals surface area (Å²) < 4.78 is 1.42. The van der Waals surface area contributed by atoms with Gasteiger partial charge in [-0.2, -0.15) is 5.92 Å². The molecule has 0 radical (unpaired) electrons. The summed E-state index contributed by atoms with van der Waals surface area (Å²) in [5.41, 5.74) is 7.85. The molecule has 2 fully saturated rings. The molecular weight excluding hydrogens is 583 g/mol. The van der Waals surface area contributed by atoms with Gasteiger partial charge in [-0.15, -0.1) is 12.0 Å². The van der Waals surface area contributed by atoms with E-state index in [-0.39, 0.29) is 24.8 Å². The molecule has 0 saturated heterocycles. The van der Waals surface area contributed by atoms with E-state index in [9.17, 15) is 0 Å². The minimum atomic E-state index is 0. The van der Waals surface area contributed by atoms with Crippen molar-refractivity contribution in [1.82, 2.24) is 0 Å². The molecule has 0 aliphatic heterocycles. The predicted molar refractivity (Wildman–Crippen MR) is 150 cm³/mol. The molecule has 2 aromatic carbocycles. The van der Waals surface area contributed by atoms with Crippen LogP contribution in [-0.4, -0.2) is 3.21 Å². The average molecular weight is 622 g/mol. The topological polar surface area (TPSA) is 0 Å². The normalized spacial score (nSPS) is 26.7. The average Bonchev–Trinajstić information content (AvgIpc) is 3.55. The molecule has 0 N–H and O–H groups in total. The molecule has 0 bridgehead atoms. The molecule has 0 heterocycles. The van der Waals surface area contributed by atoms with E-state index in [1.807, 2.05) is 5.57 Å². The molecule has 38 heavy (non-hydrogen) atoms. The minimum absolute atomic E-state index is 0. The standard InChI is InChI=1S/C22H29.C13H10.2ClH.Zr/c1-3-15-12-13-21(17(15)4-2)20-11-7-10-19-18-9-6-5-8-16(18)14-22(19)20;1-3-7-12(8-4-1)11-13-9-5-2-6-10-13;;;/h5-6,8-9,12,14,16,18-20,22H,3-4,7,10-11,13H2,1-2H3;1-10H;2*1H;/q-1;;;;+2/p-2. The van der Waals surface area contributed by atoms with Gasteiger partial charge in [-0.05, 0) is 48.7 Å². The summed E-state index contributed by atoms with van der Waals surface area (Å²) in [6.45, 7) is 4.67. The van der Waals surface area contributed by atoms with Crippen LogP contribution in [0.25, 0.3) is 0 Å². The molecule has 0 aromatic heterocycles. The van der Waals surface area contributed by atoms with Gasteiger partial charge in [-0.25, -0.2) is 0 Å². The Bertz CT molecular complexity index is 1130. The predicted octanol–water partition coefficient (Wildman–Crippen LogP) is 2.85. The summed E-state index contributed by atoms with van der Waals surface area (Å²) in [7, 11) is 0. The fraction of sp³-hybridized carbons (Fsp3) is 0.371. The Labute approximate surface area is 257 Å². The molecule has 4 aliphatic rings. The van der Waals surface area contributed by atoms with Crippen LogP contribution < -0.4 is 24.8 Å². The number of hydrogen-bond acceptors (Lipinski definition) is 0. The van der Waals surface area contributed by atoms with Crippen molar-refractivity contribution >= 4 is 3.21 Å². The van der Waals surface area contributed by atoms with Gasteiger partial charge in [-0.3, -0.25) is 0 Å². The third-order valence-corrected chi connectivity index (χ3v) is 10.2. The number of rotatable bonds is 5. The zero-order valence-corrected chi connectivity index (χ0v) is 26.6. The number of benzene rings is 2. The van der Waals surface area contributed by atoms with Crippen molar-refractivity contribution < 1.29 is 49.0 Å². The van der Waals surface area contributed by atoms with Gasteiger partial charge in [0.2, 0.25) is 0 Å². The first-order valence-corrected chi connectivity index (χ1v) is 15.2.